The lowest BCUT2D eigenvalue weighted by atomic mass is 9.83. The van der Waals surface area contributed by atoms with Gasteiger partial charge in [0.2, 0.25) is 0 Å². The molecular formula is C8H17NO2. The number of methoxy groups -OCH3 is 1. The summed E-state index contributed by atoms with van der Waals surface area (Å²) in [4.78, 5) is 0. The molecule has 2 N–H and O–H groups in total. The number of rotatable bonds is 3. The number of ether oxygens (including phenoxy) is 2. The van der Waals surface area contributed by atoms with Gasteiger partial charge in [-0.05, 0) is 12.8 Å². The topological polar surface area (TPSA) is 44.5 Å². The second kappa shape index (κ2) is 4.04. The van der Waals surface area contributed by atoms with Crippen LogP contribution in [0.1, 0.15) is 12.8 Å². The Hall–Kier alpha value is -0.120. The third-order valence-electron chi connectivity index (χ3n) is 2.29. The average Bonchev–Trinajstić information content (AvgIpc) is 2.07. The number of hydrogen-bond acceptors (Lipinski definition) is 3. The van der Waals surface area contributed by atoms with Crippen LogP contribution in [0.25, 0.3) is 0 Å². The summed E-state index contributed by atoms with van der Waals surface area (Å²) in [5.74, 6) is 0. The molecule has 3 heteroatoms. The smallest absolute Gasteiger partial charge is 0.0556 e. The molecule has 0 saturated carbocycles. The van der Waals surface area contributed by atoms with E-state index in [-0.39, 0.29) is 5.41 Å². The summed E-state index contributed by atoms with van der Waals surface area (Å²) in [7, 11) is 1.71. The predicted molar refractivity (Wildman–Crippen MR) is 43.4 cm³/mol. The van der Waals surface area contributed by atoms with Gasteiger partial charge in [0, 0.05) is 25.7 Å². The largest absolute Gasteiger partial charge is 0.384 e. The van der Waals surface area contributed by atoms with Crippen LogP contribution in [0.5, 0.6) is 0 Å². The average molecular weight is 159 g/mol. The first-order valence-corrected chi connectivity index (χ1v) is 4.10. The SMILES string of the molecule is COCC1(CN)CCCOC1. The van der Waals surface area contributed by atoms with E-state index in [1.807, 2.05) is 0 Å². The van der Waals surface area contributed by atoms with Crippen molar-refractivity contribution in [1.29, 1.82) is 0 Å². The van der Waals surface area contributed by atoms with E-state index in [1.165, 1.54) is 0 Å². The van der Waals surface area contributed by atoms with E-state index in [1.54, 1.807) is 7.11 Å². The molecule has 11 heavy (non-hydrogen) atoms. The molecule has 0 amide bonds. The molecule has 1 aliphatic rings. The standard InChI is InChI=1S/C8H17NO2/c1-10-6-8(5-9)3-2-4-11-7-8/h2-7,9H2,1H3. The summed E-state index contributed by atoms with van der Waals surface area (Å²) in [5.41, 5.74) is 5.77. The van der Waals surface area contributed by atoms with Crippen molar-refractivity contribution in [2.75, 3.05) is 33.5 Å². The summed E-state index contributed by atoms with van der Waals surface area (Å²) in [6, 6.07) is 0. The van der Waals surface area contributed by atoms with E-state index >= 15 is 0 Å². The van der Waals surface area contributed by atoms with Gasteiger partial charge < -0.3 is 15.2 Å². The number of hydrogen-bond donors (Lipinski definition) is 1. The van der Waals surface area contributed by atoms with Crippen LogP contribution < -0.4 is 5.73 Å². The normalized spacial score (nSPS) is 32.2. The fourth-order valence-electron chi connectivity index (χ4n) is 1.55. The molecule has 1 heterocycles. The molecule has 0 aromatic carbocycles. The molecule has 1 fully saturated rings. The van der Waals surface area contributed by atoms with E-state index < -0.39 is 0 Å². The highest BCUT2D eigenvalue weighted by Gasteiger charge is 2.31. The Morgan fingerprint density at radius 1 is 1.64 bits per heavy atom. The quantitative estimate of drug-likeness (QED) is 0.647. The van der Waals surface area contributed by atoms with Crippen LogP contribution in [-0.4, -0.2) is 33.5 Å². The maximum atomic E-state index is 5.66. The molecule has 1 atom stereocenters. The van der Waals surface area contributed by atoms with Gasteiger partial charge >= 0.3 is 0 Å². The van der Waals surface area contributed by atoms with Crippen molar-refractivity contribution in [3.63, 3.8) is 0 Å². The lowest BCUT2D eigenvalue weighted by Crippen LogP contribution is -2.42. The molecule has 0 aliphatic carbocycles. The van der Waals surface area contributed by atoms with E-state index in [2.05, 4.69) is 0 Å². The Morgan fingerprint density at radius 3 is 2.91 bits per heavy atom. The zero-order valence-corrected chi connectivity index (χ0v) is 7.14. The van der Waals surface area contributed by atoms with Crippen LogP contribution in [0.4, 0.5) is 0 Å². The van der Waals surface area contributed by atoms with E-state index in [0.29, 0.717) is 6.54 Å². The van der Waals surface area contributed by atoms with Gasteiger partial charge in [0.05, 0.1) is 13.2 Å². The molecule has 1 unspecified atom stereocenters. The first kappa shape index (κ1) is 8.97. The maximum absolute atomic E-state index is 5.66. The van der Waals surface area contributed by atoms with Crippen LogP contribution in [0, 0.1) is 5.41 Å². The minimum atomic E-state index is 0.104. The highest BCUT2D eigenvalue weighted by Crippen LogP contribution is 2.27. The fraction of sp³-hybridized carbons (Fsp3) is 1.00. The van der Waals surface area contributed by atoms with Gasteiger partial charge in [-0.1, -0.05) is 0 Å². The van der Waals surface area contributed by atoms with Crippen molar-refractivity contribution in [2.24, 2.45) is 11.1 Å². The highest BCUT2D eigenvalue weighted by molar-refractivity contribution is 4.82. The van der Waals surface area contributed by atoms with Crippen molar-refractivity contribution >= 4 is 0 Å². The summed E-state index contributed by atoms with van der Waals surface area (Å²) < 4.78 is 10.5. The fourth-order valence-corrected chi connectivity index (χ4v) is 1.55. The summed E-state index contributed by atoms with van der Waals surface area (Å²) in [5, 5.41) is 0. The van der Waals surface area contributed by atoms with E-state index in [0.717, 1.165) is 32.7 Å². The molecule has 0 aromatic rings. The van der Waals surface area contributed by atoms with Crippen molar-refractivity contribution in [2.45, 2.75) is 12.8 Å². The third-order valence-corrected chi connectivity index (χ3v) is 2.29. The van der Waals surface area contributed by atoms with E-state index in [9.17, 15) is 0 Å². The second-order valence-corrected chi connectivity index (χ2v) is 3.29. The van der Waals surface area contributed by atoms with Crippen LogP contribution >= 0.6 is 0 Å². The monoisotopic (exact) mass is 159 g/mol. The predicted octanol–water partition coefficient (Wildman–Crippen LogP) is 0.388. The molecule has 1 rings (SSSR count). The minimum Gasteiger partial charge on any atom is -0.384 e. The zero-order chi connectivity index (χ0) is 8.16. The van der Waals surface area contributed by atoms with E-state index in [4.69, 9.17) is 15.2 Å². The lowest BCUT2D eigenvalue weighted by Gasteiger charge is -2.35. The molecule has 1 saturated heterocycles. The van der Waals surface area contributed by atoms with Crippen molar-refractivity contribution in [1.82, 2.24) is 0 Å². The Bertz CT molecular complexity index is 105. The molecule has 66 valence electrons. The Balaban J connectivity index is 2.42. The molecule has 0 bridgehead atoms. The van der Waals surface area contributed by atoms with Crippen LogP contribution in [0.15, 0.2) is 0 Å². The van der Waals surface area contributed by atoms with Gasteiger partial charge in [-0.25, -0.2) is 0 Å². The Kier molecular flexibility index (Phi) is 3.30. The first-order chi connectivity index (χ1) is 5.33. The summed E-state index contributed by atoms with van der Waals surface area (Å²) in [6.07, 6.45) is 2.25. The molecular weight excluding hydrogens is 142 g/mol. The number of nitrogens with two attached hydrogens (primary N) is 1. The molecule has 0 radical (unpaired) electrons. The third kappa shape index (κ3) is 2.15. The Labute approximate surface area is 67.9 Å². The maximum Gasteiger partial charge on any atom is 0.0556 e. The van der Waals surface area contributed by atoms with Crippen LogP contribution in [0.3, 0.4) is 0 Å². The van der Waals surface area contributed by atoms with Gasteiger partial charge in [-0.3, -0.25) is 0 Å². The van der Waals surface area contributed by atoms with Gasteiger partial charge in [-0.2, -0.15) is 0 Å². The summed E-state index contributed by atoms with van der Waals surface area (Å²) >= 11 is 0. The van der Waals surface area contributed by atoms with Gasteiger partial charge in [0.25, 0.3) is 0 Å². The van der Waals surface area contributed by atoms with Crippen molar-refractivity contribution in [3.05, 3.63) is 0 Å². The highest BCUT2D eigenvalue weighted by atomic mass is 16.5. The molecule has 3 nitrogen and oxygen atoms in total. The van der Waals surface area contributed by atoms with Crippen LogP contribution in [-0.2, 0) is 9.47 Å². The van der Waals surface area contributed by atoms with Crippen molar-refractivity contribution in [3.8, 4) is 0 Å². The second-order valence-electron chi connectivity index (χ2n) is 3.29. The molecule has 0 spiro atoms. The van der Waals surface area contributed by atoms with Gasteiger partial charge in [0.1, 0.15) is 0 Å². The van der Waals surface area contributed by atoms with Gasteiger partial charge in [0.15, 0.2) is 0 Å². The Morgan fingerprint density at radius 2 is 2.45 bits per heavy atom. The minimum absolute atomic E-state index is 0.104. The van der Waals surface area contributed by atoms with Crippen LogP contribution in [0.2, 0.25) is 0 Å². The zero-order valence-electron chi connectivity index (χ0n) is 7.14. The first-order valence-electron chi connectivity index (χ1n) is 4.10. The molecule has 0 aromatic heterocycles. The van der Waals surface area contributed by atoms with Crippen molar-refractivity contribution < 1.29 is 9.47 Å². The lowest BCUT2D eigenvalue weighted by molar-refractivity contribution is -0.0433. The molecule has 1 aliphatic heterocycles. The summed E-state index contributed by atoms with van der Waals surface area (Å²) in [6.45, 7) is 3.03. The van der Waals surface area contributed by atoms with Gasteiger partial charge in [-0.15, -0.1) is 0 Å².